The van der Waals surface area contributed by atoms with Crippen LogP contribution in [0.2, 0.25) is 5.02 Å². The summed E-state index contributed by atoms with van der Waals surface area (Å²) in [5.74, 6) is -0.642. The van der Waals surface area contributed by atoms with E-state index in [1.165, 1.54) is 12.1 Å². The number of nitrogens with one attached hydrogen (secondary N) is 1. The summed E-state index contributed by atoms with van der Waals surface area (Å²) in [7, 11) is 0. The maximum atomic E-state index is 13.0. The molecule has 0 bridgehead atoms. The fourth-order valence-electron chi connectivity index (χ4n) is 1.65. The lowest BCUT2D eigenvalue weighted by Crippen LogP contribution is -2.03. The van der Waals surface area contributed by atoms with Crippen molar-refractivity contribution in [2.75, 3.05) is 5.32 Å². The quantitative estimate of drug-likeness (QED) is 0.632. The van der Waals surface area contributed by atoms with Crippen LogP contribution in [0.4, 0.5) is 15.8 Å². The van der Waals surface area contributed by atoms with Gasteiger partial charge in [0.05, 0.1) is 16.0 Å². The van der Waals surface area contributed by atoms with Gasteiger partial charge in [-0.25, -0.2) is 4.39 Å². The zero-order valence-corrected chi connectivity index (χ0v) is 12.4. The molecule has 2 aromatic rings. The summed E-state index contributed by atoms with van der Waals surface area (Å²) in [4.78, 5) is 10.2. The highest BCUT2D eigenvalue weighted by Crippen LogP contribution is 2.27. The van der Waals surface area contributed by atoms with Crippen LogP contribution in [0.5, 0.6) is 0 Å². The molecule has 0 amide bonds. The number of hydrogen-bond donors (Lipinski definition) is 1. The average Bonchev–Trinajstić information content (AvgIpc) is 2.41. The van der Waals surface area contributed by atoms with Gasteiger partial charge in [0.2, 0.25) is 0 Å². The van der Waals surface area contributed by atoms with E-state index in [1.807, 2.05) is 6.07 Å². The first-order chi connectivity index (χ1) is 9.47. The van der Waals surface area contributed by atoms with Gasteiger partial charge in [0.15, 0.2) is 0 Å². The molecule has 0 aliphatic heterocycles. The number of nitrogens with zero attached hydrogens (tertiary/aromatic N) is 1. The maximum Gasteiger partial charge on any atom is 0.295 e. The van der Waals surface area contributed by atoms with Crippen molar-refractivity contribution < 1.29 is 9.31 Å². The van der Waals surface area contributed by atoms with Gasteiger partial charge in [-0.2, -0.15) is 0 Å². The Labute approximate surface area is 127 Å². The summed E-state index contributed by atoms with van der Waals surface area (Å²) in [6.45, 7) is 0.363. The molecule has 0 fully saturated rings. The molecule has 0 atom stereocenters. The Morgan fingerprint density at radius 1 is 1.30 bits per heavy atom. The molecule has 0 saturated heterocycles. The highest BCUT2D eigenvalue weighted by atomic mass is 79.9. The first kappa shape index (κ1) is 14.7. The van der Waals surface area contributed by atoms with Gasteiger partial charge in [0, 0.05) is 11.0 Å². The van der Waals surface area contributed by atoms with Gasteiger partial charge in [-0.3, -0.25) is 10.1 Å². The summed E-state index contributed by atoms with van der Waals surface area (Å²) in [6, 6.07) is 8.74. The lowest BCUT2D eigenvalue weighted by molar-refractivity contribution is -0.384. The predicted octanol–water partition coefficient (Wildman–Crippen LogP) is 4.76. The molecule has 7 heteroatoms. The molecule has 2 aromatic carbocycles. The normalized spacial score (nSPS) is 10.3. The minimum Gasteiger partial charge on any atom is -0.375 e. The summed E-state index contributed by atoms with van der Waals surface area (Å²) < 4.78 is 13.8. The minimum absolute atomic E-state index is 0.266. The van der Waals surface area contributed by atoms with Crippen LogP contribution in [0.25, 0.3) is 0 Å². The van der Waals surface area contributed by atoms with E-state index in [4.69, 9.17) is 11.6 Å². The molecular weight excluding hydrogens is 351 g/mol. The lowest BCUT2D eigenvalue weighted by Gasteiger charge is -2.08. The van der Waals surface area contributed by atoms with Gasteiger partial charge < -0.3 is 5.32 Å². The third-order valence-electron chi connectivity index (χ3n) is 2.62. The molecule has 0 aliphatic rings. The maximum absolute atomic E-state index is 13.0. The molecule has 0 aromatic heterocycles. The number of nitro groups is 1. The number of benzene rings is 2. The molecule has 0 unspecified atom stereocenters. The number of nitro benzene ring substituents is 1. The van der Waals surface area contributed by atoms with Crippen molar-refractivity contribution in [2.24, 2.45) is 0 Å². The van der Waals surface area contributed by atoms with Crippen LogP contribution in [0.3, 0.4) is 0 Å². The summed E-state index contributed by atoms with van der Waals surface area (Å²) in [6.07, 6.45) is 0. The van der Waals surface area contributed by atoms with Crippen molar-refractivity contribution in [1.29, 1.82) is 0 Å². The van der Waals surface area contributed by atoms with Crippen LogP contribution >= 0.6 is 27.5 Å². The lowest BCUT2D eigenvalue weighted by atomic mass is 10.2. The predicted molar refractivity (Wildman–Crippen MR) is 79.5 cm³/mol. The number of halogens is 3. The molecule has 104 valence electrons. The van der Waals surface area contributed by atoms with E-state index in [2.05, 4.69) is 21.2 Å². The zero-order chi connectivity index (χ0) is 14.7. The topological polar surface area (TPSA) is 55.2 Å². The standard InChI is InChI=1S/C13H9BrClFN2O2/c14-10-5-8(1-3-11(10)15)7-17-12-4-2-9(16)6-13(12)18(19)20/h1-6,17H,7H2. The fourth-order valence-corrected chi connectivity index (χ4v) is 2.20. The summed E-state index contributed by atoms with van der Waals surface area (Å²) >= 11 is 9.19. The molecule has 0 radical (unpaired) electrons. The Balaban J connectivity index is 2.18. The average molecular weight is 360 g/mol. The second kappa shape index (κ2) is 6.19. The van der Waals surface area contributed by atoms with Crippen LogP contribution < -0.4 is 5.32 Å². The third-order valence-corrected chi connectivity index (χ3v) is 3.84. The van der Waals surface area contributed by atoms with Gasteiger partial charge in [0.25, 0.3) is 5.69 Å². The Kier molecular flexibility index (Phi) is 4.57. The molecule has 0 spiro atoms. The van der Waals surface area contributed by atoms with Crippen molar-refractivity contribution in [1.82, 2.24) is 0 Å². The van der Waals surface area contributed by atoms with E-state index in [-0.39, 0.29) is 11.4 Å². The first-order valence-electron chi connectivity index (χ1n) is 5.59. The van der Waals surface area contributed by atoms with E-state index < -0.39 is 10.7 Å². The first-order valence-corrected chi connectivity index (χ1v) is 6.76. The highest BCUT2D eigenvalue weighted by Gasteiger charge is 2.14. The van der Waals surface area contributed by atoms with Crippen LogP contribution in [0.1, 0.15) is 5.56 Å². The van der Waals surface area contributed by atoms with Crippen molar-refractivity contribution in [3.05, 3.63) is 67.4 Å². The highest BCUT2D eigenvalue weighted by molar-refractivity contribution is 9.10. The zero-order valence-electron chi connectivity index (χ0n) is 10.1. The number of anilines is 1. The number of rotatable bonds is 4. The molecule has 0 saturated carbocycles. The second-order valence-corrected chi connectivity index (χ2v) is 5.28. The number of hydrogen-bond acceptors (Lipinski definition) is 3. The van der Waals surface area contributed by atoms with E-state index in [9.17, 15) is 14.5 Å². The second-order valence-electron chi connectivity index (χ2n) is 4.02. The Morgan fingerprint density at radius 3 is 2.70 bits per heavy atom. The smallest absolute Gasteiger partial charge is 0.295 e. The third kappa shape index (κ3) is 3.46. The monoisotopic (exact) mass is 358 g/mol. The van der Waals surface area contributed by atoms with E-state index in [0.29, 0.717) is 11.6 Å². The molecule has 0 heterocycles. The molecular formula is C13H9BrClFN2O2. The minimum atomic E-state index is -0.642. The van der Waals surface area contributed by atoms with Crippen molar-refractivity contribution >= 4 is 38.9 Å². The van der Waals surface area contributed by atoms with Crippen LogP contribution in [0, 0.1) is 15.9 Å². The molecule has 2 rings (SSSR count). The van der Waals surface area contributed by atoms with Gasteiger partial charge in [-0.1, -0.05) is 17.7 Å². The van der Waals surface area contributed by atoms with Gasteiger partial charge in [-0.05, 0) is 45.8 Å². The van der Waals surface area contributed by atoms with Crippen LogP contribution in [0.15, 0.2) is 40.9 Å². The Hall–Kier alpha value is -1.66. The Morgan fingerprint density at radius 2 is 2.05 bits per heavy atom. The molecule has 0 aliphatic carbocycles. The van der Waals surface area contributed by atoms with Crippen molar-refractivity contribution in [3.63, 3.8) is 0 Å². The van der Waals surface area contributed by atoms with Crippen LogP contribution in [-0.2, 0) is 6.54 Å². The summed E-state index contributed by atoms with van der Waals surface area (Å²) in [5.41, 5.74) is 0.861. The Bertz CT molecular complexity index is 667. The van der Waals surface area contributed by atoms with Crippen LogP contribution in [-0.4, -0.2) is 4.92 Å². The molecule has 4 nitrogen and oxygen atoms in total. The SMILES string of the molecule is O=[N+]([O-])c1cc(F)ccc1NCc1ccc(Cl)c(Br)c1. The molecule has 20 heavy (non-hydrogen) atoms. The molecule has 1 N–H and O–H groups in total. The van der Waals surface area contributed by atoms with Gasteiger partial charge in [-0.15, -0.1) is 0 Å². The van der Waals surface area contributed by atoms with Gasteiger partial charge >= 0.3 is 0 Å². The van der Waals surface area contributed by atoms with E-state index >= 15 is 0 Å². The van der Waals surface area contributed by atoms with Gasteiger partial charge in [0.1, 0.15) is 11.5 Å². The summed E-state index contributed by atoms with van der Waals surface area (Å²) in [5, 5.41) is 14.4. The van der Waals surface area contributed by atoms with Crippen molar-refractivity contribution in [3.8, 4) is 0 Å². The fraction of sp³-hybridized carbons (Fsp3) is 0.0769. The van der Waals surface area contributed by atoms with E-state index in [0.717, 1.165) is 16.1 Å². The van der Waals surface area contributed by atoms with Crippen molar-refractivity contribution in [2.45, 2.75) is 6.54 Å². The largest absolute Gasteiger partial charge is 0.375 e. The van der Waals surface area contributed by atoms with E-state index in [1.54, 1.807) is 12.1 Å².